The van der Waals surface area contributed by atoms with E-state index in [9.17, 15) is 9.59 Å². The maximum atomic E-state index is 12.8. The Kier molecular flexibility index (Phi) is 6.10. The first-order valence-corrected chi connectivity index (χ1v) is 11.1. The number of piperidine rings is 1. The molecule has 7 heteroatoms. The Balaban J connectivity index is 1.56. The van der Waals surface area contributed by atoms with Crippen LogP contribution in [-0.2, 0) is 24.2 Å². The van der Waals surface area contributed by atoms with Crippen molar-refractivity contribution in [1.29, 1.82) is 0 Å². The highest BCUT2D eigenvalue weighted by Gasteiger charge is 2.23. The zero-order chi connectivity index (χ0) is 19.3. The van der Waals surface area contributed by atoms with Crippen LogP contribution in [0.25, 0.3) is 0 Å². The zero-order valence-corrected chi connectivity index (χ0v) is 16.9. The summed E-state index contributed by atoms with van der Waals surface area (Å²) in [6, 6.07) is 5.74. The Morgan fingerprint density at radius 1 is 1.07 bits per heavy atom. The van der Waals surface area contributed by atoms with Gasteiger partial charge in [0.15, 0.2) is 0 Å². The first-order chi connectivity index (χ1) is 13.7. The molecule has 0 spiro atoms. The molecule has 1 aliphatic carbocycles. The van der Waals surface area contributed by atoms with Crippen molar-refractivity contribution >= 4 is 17.7 Å². The number of carbonyl (C=O) groups is 1. The van der Waals surface area contributed by atoms with Gasteiger partial charge in [0.2, 0.25) is 5.91 Å². The molecule has 1 saturated heterocycles. The molecule has 2 aliphatic rings. The molecule has 0 aromatic carbocycles. The molecule has 6 nitrogen and oxygen atoms in total. The number of hydrogen-bond donors (Lipinski definition) is 0. The average Bonchev–Trinajstić information content (AvgIpc) is 2.75. The molecule has 148 valence electrons. The second-order valence-electron chi connectivity index (χ2n) is 7.47. The van der Waals surface area contributed by atoms with Crippen LogP contribution in [0, 0.1) is 0 Å². The molecule has 1 amide bonds. The summed E-state index contributed by atoms with van der Waals surface area (Å²) in [5, 5.41) is 0.752. The van der Waals surface area contributed by atoms with Gasteiger partial charge in [-0.15, -0.1) is 0 Å². The van der Waals surface area contributed by atoms with Crippen molar-refractivity contribution < 1.29 is 4.79 Å². The van der Waals surface area contributed by atoms with E-state index >= 15 is 0 Å². The van der Waals surface area contributed by atoms with Crippen LogP contribution in [0.5, 0.6) is 0 Å². The summed E-state index contributed by atoms with van der Waals surface area (Å²) >= 11 is 1.43. The van der Waals surface area contributed by atoms with Crippen LogP contribution in [0.4, 0.5) is 0 Å². The number of hydrogen-bond acceptors (Lipinski definition) is 5. The summed E-state index contributed by atoms with van der Waals surface area (Å²) in [5.74, 6) is 0.525. The highest BCUT2D eigenvalue weighted by molar-refractivity contribution is 7.99. The van der Waals surface area contributed by atoms with E-state index in [1.807, 2.05) is 23.1 Å². The van der Waals surface area contributed by atoms with Gasteiger partial charge < -0.3 is 4.90 Å². The van der Waals surface area contributed by atoms with E-state index in [4.69, 9.17) is 0 Å². The molecule has 1 aliphatic heterocycles. The van der Waals surface area contributed by atoms with Crippen molar-refractivity contribution in [3.63, 3.8) is 0 Å². The van der Waals surface area contributed by atoms with Crippen molar-refractivity contribution in [3.8, 4) is 0 Å². The number of thioether (sulfide) groups is 1. The molecule has 3 heterocycles. The van der Waals surface area contributed by atoms with Crippen molar-refractivity contribution in [3.05, 3.63) is 51.8 Å². The van der Waals surface area contributed by atoms with Crippen LogP contribution in [0.2, 0.25) is 0 Å². The summed E-state index contributed by atoms with van der Waals surface area (Å²) in [4.78, 5) is 36.0. The highest BCUT2D eigenvalue weighted by atomic mass is 32.2. The van der Waals surface area contributed by atoms with Crippen LogP contribution in [0.15, 0.2) is 34.2 Å². The Morgan fingerprint density at radius 3 is 2.68 bits per heavy atom. The van der Waals surface area contributed by atoms with Gasteiger partial charge in [0, 0.05) is 30.5 Å². The van der Waals surface area contributed by atoms with E-state index in [0.717, 1.165) is 73.6 Å². The van der Waals surface area contributed by atoms with Gasteiger partial charge in [0.1, 0.15) is 5.03 Å². The zero-order valence-electron chi connectivity index (χ0n) is 16.1. The van der Waals surface area contributed by atoms with E-state index in [1.165, 1.54) is 18.2 Å². The Morgan fingerprint density at radius 2 is 1.89 bits per heavy atom. The van der Waals surface area contributed by atoms with Gasteiger partial charge in [0.25, 0.3) is 0 Å². The molecule has 0 unspecified atom stereocenters. The molecule has 4 rings (SSSR count). The molecule has 0 atom stereocenters. The molecule has 0 saturated carbocycles. The topological polar surface area (TPSA) is 68.1 Å². The lowest BCUT2D eigenvalue weighted by Gasteiger charge is -2.27. The van der Waals surface area contributed by atoms with E-state index in [0.29, 0.717) is 12.3 Å². The second-order valence-corrected chi connectivity index (χ2v) is 8.43. The van der Waals surface area contributed by atoms with Crippen LogP contribution < -0.4 is 5.69 Å². The lowest BCUT2D eigenvalue weighted by molar-refractivity contribution is -0.129. The first-order valence-electron chi connectivity index (χ1n) is 10.2. The maximum Gasteiger partial charge on any atom is 0.349 e. The number of amides is 1. The highest BCUT2D eigenvalue weighted by Crippen LogP contribution is 2.29. The van der Waals surface area contributed by atoms with Crippen molar-refractivity contribution in [1.82, 2.24) is 19.4 Å². The summed E-state index contributed by atoms with van der Waals surface area (Å²) in [6.07, 6.45) is 9.12. The van der Waals surface area contributed by atoms with E-state index < -0.39 is 0 Å². The third kappa shape index (κ3) is 4.29. The number of fused-ring (bicyclic) bond motifs is 1. The quantitative estimate of drug-likeness (QED) is 0.572. The molecule has 2 aromatic rings. The van der Waals surface area contributed by atoms with Gasteiger partial charge in [-0.3, -0.25) is 14.3 Å². The van der Waals surface area contributed by atoms with Crippen molar-refractivity contribution in [2.24, 2.45) is 0 Å². The van der Waals surface area contributed by atoms with E-state index in [2.05, 4.69) is 9.97 Å². The third-order valence-electron chi connectivity index (χ3n) is 5.54. The predicted molar refractivity (Wildman–Crippen MR) is 110 cm³/mol. The average molecular weight is 399 g/mol. The maximum absolute atomic E-state index is 12.8. The predicted octanol–water partition coefficient (Wildman–Crippen LogP) is 2.67. The lowest BCUT2D eigenvalue weighted by Crippen LogP contribution is -2.37. The smallest absolute Gasteiger partial charge is 0.342 e. The second kappa shape index (κ2) is 8.90. The fourth-order valence-corrected chi connectivity index (χ4v) is 5.03. The SMILES string of the molecule is O=C(CSc1nc(=O)n(Cc2ccccn2)c2c1CCCC2)N1CCCCC1. The van der Waals surface area contributed by atoms with Gasteiger partial charge >= 0.3 is 5.69 Å². The van der Waals surface area contributed by atoms with Gasteiger partial charge in [0.05, 0.1) is 18.0 Å². The van der Waals surface area contributed by atoms with Crippen LogP contribution in [0.1, 0.15) is 49.1 Å². The number of nitrogens with zero attached hydrogens (tertiary/aromatic N) is 4. The Hall–Kier alpha value is -2.15. The Bertz CT molecular complexity index is 891. The number of rotatable bonds is 5. The minimum Gasteiger partial charge on any atom is -0.342 e. The van der Waals surface area contributed by atoms with Crippen molar-refractivity contribution in [2.45, 2.75) is 56.5 Å². The lowest BCUT2D eigenvalue weighted by atomic mass is 9.97. The minimum absolute atomic E-state index is 0.161. The van der Waals surface area contributed by atoms with Crippen LogP contribution >= 0.6 is 11.8 Å². The molecular formula is C21H26N4O2S. The minimum atomic E-state index is -0.237. The summed E-state index contributed by atoms with van der Waals surface area (Å²) in [7, 11) is 0. The first kappa shape index (κ1) is 19.2. The summed E-state index contributed by atoms with van der Waals surface area (Å²) in [5.41, 5.74) is 2.85. The largest absolute Gasteiger partial charge is 0.349 e. The van der Waals surface area contributed by atoms with Gasteiger partial charge in [-0.1, -0.05) is 17.8 Å². The van der Waals surface area contributed by atoms with Gasteiger partial charge in [-0.05, 0) is 57.1 Å². The summed E-state index contributed by atoms with van der Waals surface area (Å²) in [6.45, 7) is 2.17. The van der Waals surface area contributed by atoms with Gasteiger partial charge in [-0.25, -0.2) is 4.79 Å². The molecule has 0 bridgehead atoms. The van der Waals surface area contributed by atoms with E-state index in [1.54, 1.807) is 10.8 Å². The monoisotopic (exact) mass is 398 g/mol. The van der Waals surface area contributed by atoms with Gasteiger partial charge in [-0.2, -0.15) is 4.98 Å². The van der Waals surface area contributed by atoms with Crippen LogP contribution in [0.3, 0.4) is 0 Å². The van der Waals surface area contributed by atoms with Crippen LogP contribution in [-0.4, -0.2) is 44.2 Å². The summed E-state index contributed by atoms with van der Waals surface area (Å²) < 4.78 is 1.77. The molecule has 1 fully saturated rings. The molecule has 0 radical (unpaired) electrons. The van der Waals surface area contributed by atoms with Crippen molar-refractivity contribution in [2.75, 3.05) is 18.8 Å². The fraction of sp³-hybridized carbons (Fsp3) is 0.524. The standard InChI is InChI=1S/C21H26N4O2S/c26-19(24-12-6-1-7-13-24)15-28-20-17-9-2-3-10-18(17)25(21(27)23-20)14-16-8-4-5-11-22-16/h4-5,8,11H,1-3,6-7,9-10,12-15H2. The number of likely N-dealkylation sites (tertiary alicyclic amines) is 1. The number of pyridine rings is 1. The normalized spacial score (nSPS) is 16.6. The Labute approximate surface area is 169 Å². The number of carbonyl (C=O) groups excluding carboxylic acids is 1. The molecule has 2 aromatic heterocycles. The molecule has 28 heavy (non-hydrogen) atoms. The number of aromatic nitrogens is 3. The molecule has 0 N–H and O–H groups in total. The third-order valence-corrected chi connectivity index (χ3v) is 6.54. The van der Waals surface area contributed by atoms with E-state index in [-0.39, 0.29) is 11.6 Å². The fourth-order valence-electron chi connectivity index (χ4n) is 4.05. The molecular weight excluding hydrogens is 372 g/mol.